The van der Waals surface area contributed by atoms with Gasteiger partial charge in [0.1, 0.15) is 4.90 Å². The Morgan fingerprint density at radius 2 is 1.54 bits per heavy atom. The number of rotatable bonds is 7. The zero-order valence-corrected chi connectivity index (χ0v) is 23.8. The van der Waals surface area contributed by atoms with Gasteiger partial charge >= 0.3 is 12.1 Å². The summed E-state index contributed by atoms with van der Waals surface area (Å²) in [5.41, 5.74) is 1.80. The number of hydrogen-bond donors (Lipinski definition) is 4. The van der Waals surface area contributed by atoms with Gasteiger partial charge in [-0.2, -0.15) is 13.2 Å². The van der Waals surface area contributed by atoms with Crippen molar-refractivity contribution in [3.05, 3.63) is 53.6 Å². The van der Waals surface area contributed by atoms with E-state index in [1.54, 1.807) is 31.2 Å². The van der Waals surface area contributed by atoms with Crippen molar-refractivity contribution in [1.82, 2.24) is 5.32 Å². The van der Waals surface area contributed by atoms with Crippen molar-refractivity contribution in [2.45, 2.75) is 81.8 Å². The first-order valence-electron chi connectivity index (χ1n) is 13.2. The normalized spacial score (nSPS) is 19.7. The predicted molar refractivity (Wildman–Crippen MR) is 147 cm³/mol. The molecule has 0 atom stereocenters. The zero-order valence-electron chi connectivity index (χ0n) is 23.0. The third-order valence-corrected chi connectivity index (χ3v) is 8.63. The highest BCUT2D eigenvalue weighted by molar-refractivity contribution is 7.92. The number of amides is 2. The maximum atomic E-state index is 13.1. The van der Waals surface area contributed by atoms with Gasteiger partial charge in [-0.15, -0.1) is 0 Å². The van der Waals surface area contributed by atoms with Gasteiger partial charge in [-0.25, -0.2) is 13.2 Å². The van der Waals surface area contributed by atoms with E-state index in [1.807, 2.05) is 12.1 Å². The summed E-state index contributed by atoms with van der Waals surface area (Å²) in [4.78, 5) is 33.5. The number of benzene rings is 2. The Balaban J connectivity index is 0.000000587. The standard InChI is InChI=1S/C26H33N3O4S.C2HF3O2/c1-17-4-9-21(10-5-17)28-25(31)26(14-15-26)20-7-11-22(12-8-20)29-34(32,33)24-16-18(2)6-13-23(24)27-19(3)30;3-2(4,5)1(6)7/h6-8,11-13,16-17,21,29H,4-5,9-10,14-15H2,1-3H3,(H,27,30)(H,28,31);(H,6,7). The molecule has 2 aliphatic carbocycles. The van der Waals surface area contributed by atoms with E-state index in [0.29, 0.717) is 5.69 Å². The molecular formula is C28H34F3N3O6S. The first kappa shape index (κ1) is 31.9. The molecule has 4 N–H and O–H groups in total. The van der Waals surface area contributed by atoms with Crippen LogP contribution < -0.4 is 15.4 Å². The number of anilines is 2. The number of alkyl halides is 3. The summed E-state index contributed by atoms with van der Waals surface area (Å²) in [5.74, 6) is -2.29. The number of carboxylic acids is 1. The van der Waals surface area contributed by atoms with Crippen molar-refractivity contribution in [2.24, 2.45) is 5.92 Å². The van der Waals surface area contributed by atoms with Gasteiger partial charge in [0, 0.05) is 18.7 Å². The van der Waals surface area contributed by atoms with Crippen molar-refractivity contribution in [3.63, 3.8) is 0 Å². The first-order valence-corrected chi connectivity index (χ1v) is 14.6. The van der Waals surface area contributed by atoms with E-state index < -0.39 is 27.6 Å². The Kier molecular flexibility index (Phi) is 9.73. The van der Waals surface area contributed by atoms with Crippen molar-refractivity contribution < 1.29 is 41.1 Å². The fourth-order valence-electron chi connectivity index (χ4n) is 4.71. The third-order valence-electron chi connectivity index (χ3n) is 7.21. The van der Waals surface area contributed by atoms with Gasteiger partial charge in [-0.3, -0.25) is 14.3 Å². The van der Waals surface area contributed by atoms with Crippen LogP contribution in [0.3, 0.4) is 0 Å². The number of nitrogens with one attached hydrogen (secondary N) is 3. The highest BCUT2D eigenvalue weighted by Gasteiger charge is 2.51. The first-order chi connectivity index (χ1) is 19.0. The molecule has 2 aliphatic rings. The number of carbonyl (C=O) groups is 3. The summed E-state index contributed by atoms with van der Waals surface area (Å²) in [6.45, 7) is 5.39. The lowest BCUT2D eigenvalue weighted by molar-refractivity contribution is -0.192. The summed E-state index contributed by atoms with van der Waals surface area (Å²) in [6.07, 6.45) is 0.883. The van der Waals surface area contributed by atoms with Crippen LogP contribution in [-0.2, 0) is 29.8 Å². The SMILES string of the molecule is CC(=O)Nc1ccc(C)cc1S(=O)(=O)Nc1ccc(C2(C(=O)NC3CCC(C)CC3)CC2)cc1.O=C(O)C(F)(F)F. The zero-order chi connectivity index (χ0) is 30.6. The lowest BCUT2D eigenvalue weighted by atomic mass is 9.86. The molecule has 0 unspecified atom stereocenters. The fourth-order valence-corrected chi connectivity index (χ4v) is 6.02. The van der Waals surface area contributed by atoms with Crippen LogP contribution in [0.25, 0.3) is 0 Å². The minimum atomic E-state index is -5.08. The Hall–Kier alpha value is -3.61. The van der Waals surface area contributed by atoms with Gasteiger partial charge in [-0.1, -0.05) is 25.1 Å². The van der Waals surface area contributed by atoms with Crippen molar-refractivity contribution >= 4 is 39.2 Å². The molecule has 224 valence electrons. The quantitative estimate of drug-likeness (QED) is 0.349. The summed E-state index contributed by atoms with van der Waals surface area (Å²) in [7, 11) is -3.93. The van der Waals surface area contributed by atoms with Gasteiger partial charge in [0.2, 0.25) is 11.8 Å². The van der Waals surface area contributed by atoms with E-state index in [-0.39, 0.29) is 28.4 Å². The second-order valence-corrected chi connectivity index (χ2v) is 12.3. The molecule has 2 amide bonds. The summed E-state index contributed by atoms with van der Waals surface area (Å²) in [6, 6.07) is 12.1. The molecule has 0 radical (unpaired) electrons. The second-order valence-electron chi connectivity index (χ2n) is 10.7. The largest absolute Gasteiger partial charge is 0.490 e. The average molecular weight is 598 g/mol. The topological polar surface area (TPSA) is 142 Å². The number of sulfonamides is 1. The molecule has 2 aromatic rings. The molecule has 2 aromatic carbocycles. The number of aliphatic carboxylic acids is 1. The molecule has 0 aromatic heterocycles. The monoisotopic (exact) mass is 597 g/mol. The summed E-state index contributed by atoms with van der Waals surface area (Å²) < 4.78 is 60.5. The molecule has 9 nitrogen and oxygen atoms in total. The number of carbonyl (C=O) groups excluding carboxylic acids is 2. The number of carboxylic acid groups (broad SMARTS) is 1. The average Bonchev–Trinajstić information content (AvgIpc) is 3.68. The number of aryl methyl sites for hydroxylation is 1. The Bertz CT molecular complexity index is 1380. The van der Waals surface area contributed by atoms with Crippen LogP contribution in [0.2, 0.25) is 0 Å². The van der Waals surface area contributed by atoms with Gasteiger partial charge in [0.15, 0.2) is 0 Å². The molecule has 13 heteroatoms. The molecule has 41 heavy (non-hydrogen) atoms. The third kappa shape index (κ3) is 8.44. The molecule has 2 saturated carbocycles. The fraction of sp³-hybridized carbons (Fsp3) is 0.464. The van der Waals surface area contributed by atoms with Crippen LogP contribution in [0.4, 0.5) is 24.5 Å². The van der Waals surface area contributed by atoms with Gasteiger partial charge in [0.05, 0.1) is 11.1 Å². The van der Waals surface area contributed by atoms with Crippen molar-refractivity contribution in [1.29, 1.82) is 0 Å². The maximum Gasteiger partial charge on any atom is 0.490 e. The van der Waals surface area contributed by atoms with E-state index in [1.165, 1.54) is 13.0 Å². The molecule has 0 bridgehead atoms. The van der Waals surface area contributed by atoms with Crippen LogP contribution in [-0.4, -0.2) is 43.5 Å². The number of halogens is 3. The van der Waals surface area contributed by atoms with E-state index in [0.717, 1.165) is 55.6 Å². The predicted octanol–water partition coefficient (Wildman–Crippen LogP) is 5.11. The van der Waals surface area contributed by atoms with Crippen molar-refractivity contribution in [3.8, 4) is 0 Å². The lowest BCUT2D eigenvalue weighted by Gasteiger charge is -2.28. The van der Waals surface area contributed by atoms with Crippen LogP contribution in [0.5, 0.6) is 0 Å². The molecule has 0 aliphatic heterocycles. The second kappa shape index (κ2) is 12.5. The highest BCUT2D eigenvalue weighted by atomic mass is 32.2. The van der Waals surface area contributed by atoms with Crippen LogP contribution >= 0.6 is 0 Å². The smallest absolute Gasteiger partial charge is 0.475 e. The Labute approximate surface area is 237 Å². The number of hydrogen-bond acceptors (Lipinski definition) is 5. The van der Waals surface area contributed by atoms with Crippen LogP contribution in [0, 0.1) is 12.8 Å². The Morgan fingerprint density at radius 3 is 2.02 bits per heavy atom. The van der Waals surface area contributed by atoms with E-state index in [9.17, 15) is 31.2 Å². The van der Waals surface area contributed by atoms with E-state index in [4.69, 9.17) is 9.90 Å². The van der Waals surface area contributed by atoms with Crippen LogP contribution in [0.1, 0.15) is 63.5 Å². The van der Waals surface area contributed by atoms with E-state index >= 15 is 0 Å². The van der Waals surface area contributed by atoms with Crippen molar-refractivity contribution in [2.75, 3.05) is 10.0 Å². The minimum Gasteiger partial charge on any atom is -0.475 e. The molecule has 0 heterocycles. The molecule has 4 rings (SSSR count). The minimum absolute atomic E-state index is 0.00613. The molecule has 0 spiro atoms. The van der Waals surface area contributed by atoms with Crippen LogP contribution in [0.15, 0.2) is 47.4 Å². The molecule has 2 fully saturated rings. The Morgan fingerprint density at radius 1 is 0.976 bits per heavy atom. The summed E-state index contributed by atoms with van der Waals surface area (Å²) in [5, 5.41) is 13.0. The lowest BCUT2D eigenvalue weighted by Crippen LogP contribution is -2.43. The highest BCUT2D eigenvalue weighted by Crippen LogP contribution is 2.49. The molecular weight excluding hydrogens is 563 g/mol. The van der Waals surface area contributed by atoms with E-state index in [2.05, 4.69) is 22.3 Å². The van der Waals surface area contributed by atoms with Gasteiger partial charge in [-0.05, 0) is 86.8 Å². The maximum absolute atomic E-state index is 13.1. The van der Waals surface area contributed by atoms with Gasteiger partial charge in [0.25, 0.3) is 10.0 Å². The van der Waals surface area contributed by atoms with Gasteiger partial charge < -0.3 is 15.7 Å². The molecule has 0 saturated heterocycles. The summed E-state index contributed by atoms with van der Waals surface area (Å²) >= 11 is 0.